The summed E-state index contributed by atoms with van der Waals surface area (Å²) in [6, 6.07) is 16.4. The molecular formula is C30H32N6O3S2. The molecule has 212 valence electrons. The van der Waals surface area contributed by atoms with E-state index in [1.807, 2.05) is 18.2 Å². The van der Waals surface area contributed by atoms with E-state index in [-0.39, 0.29) is 5.91 Å². The standard InChI is InChI=1S/C30H32N6O3S2/c1-3-28(27-10-9-26(40-27)23-12-14-32-29(20-23)35-18-16-34(2)17-19-35)41(38,39)36-15-13-22(21-36)8-11-30(37)33-25-7-5-4-6-24(25)31/h3-15,20-21,28H,1,16-19,31H2,2H3,(H,33,37)/b11-8+. The largest absolute Gasteiger partial charge is 0.397 e. The van der Waals surface area contributed by atoms with Gasteiger partial charge in [0.25, 0.3) is 0 Å². The molecule has 9 nitrogen and oxygen atoms in total. The van der Waals surface area contributed by atoms with Crippen molar-refractivity contribution in [1.82, 2.24) is 13.9 Å². The van der Waals surface area contributed by atoms with Crippen LogP contribution in [0.4, 0.5) is 17.2 Å². The minimum Gasteiger partial charge on any atom is -0.397 e. The van der Waals surface area contributed by atoms with E-state index < -0.39 is 15.3 Å². The molecule has 1 unspecified atom stereocenters. The van der Waals surface area contributed by atoms with Crippen LogP contribution in [0.25, 0.3) is 16.5 Å². The monoisotopic (exact) mass is 588 g/mol. The van der Waals surface area contributed by atoms with Gasteiger partial charge in [0.2, 0.25) is 15.9 Å². The highest BCUT2D eigenvalue weighted by Crippen LogP contribution is 2.37. The summed E-state index contributed by atoms with van der Waals surface area (Å²) in [6.45, 7) is 7.63. The topological polar surface area (TPSA) is 114 Å². The Hall–Kier alpha value is -4.19. The molecule has 0 aliphatic carbocycles. The molecule has 3 aromatic heterocycles. The molecule has 41 heavy (non-hydrogen) atoms. The molecule has 1 fully saturated rings. The van der Waals surface area contributed by atoms with Gasteiger partial charge in [0.15, 0.2) is 0 Å². The van der Waals surface area contributed by atoms with E-state index in [1.54, 1.807) is 42.6 Å². The first-order valence-corrected chi connectivity index (χ1v) is 15.4. The number of thiophene rings is 1. The molecule has 0 spiro atoms. The molecule has 1 atom stereocenters. The van der Waals surface area contributed by atoms with Gasteiger partial charge in [-0.15, -0.1) is 17.9 Å². The van der Waals surface area contributed by atoms with Gasteiger partial charge in [0, 0.05) is 60.6 Å². The van der Waals surface area contributed by atoms with Gasteiger partial charge in [0.05, 0.1) is 11.4 Å². The molecule has 4 aromatic rings. The van der Waals surface area contributed by atoms with Gasteiger partial charge in [0.1, 0.15) is 11.1 Å². The number of nitrogens with two attached hydrogens (primary N) is 1. The van der Waals surface area contributed by atoms with Gasteiger partial charge in [-0.3, -0.25) is 8.77 Å². The van der Waals surface area contributed by atoms with Crippen LogP contribution >= 0.6 is 11.3 Å². The summed E-state index contributed by atoms with van der Waals surface area (Å²) >= 11 is 1.42. The fraction of sp³-hybridized carbons (Fsp3) is 0.200. The van der Waals surface area contributed by atoms with Crippen molar-refractivity contribution in [3.8, 4) is 10.4 Å². The quantitative estimate of drug-likeness (QED) is 0.166. The first-order chi connectivity index (χ1) is 19.7. The number of hydrogen-bond acceptors (Lipinski definition) is 8. The summed E-state index contributed by atoms with van der Waals surface area (Å²) in [7, 11) is -1.73. The van der Waals surface area contributed by atoms with Crippen LogP contribution < -0.4 is 16.0 Å². The van der Waals surface area contributed by atoms with E-state index in [9.17, 15) is 13.2 Å². The fourth-order valence-corrected chi connectivity index (χ4v) is 7.43. The van der Waals surface area contributed by atoms with Crippen LogP contribution in [0.2, 0.25) is 0 Å². The van der Waals surface area contributed by atoms with E-state index in [1.165, 1.54) is 39.9 Å². The minimum atomic E-state index is -3.84. The minimum absolute atomic E-state index is 0.375. The smallest absolute Gasteiger partial charge is 0.249 e. The molecule has 11 heteroatoms. The van der Waals surface area contributed by atoms with E-state index in [4.69, 9.17) is 5.73 Å². The zero-order chi connectivity index (χ0) is 29.0. The normalized spacial score (nSPS) is 15.2. The highest BCUT2D eigenvalue weighted by Gasteiger charge is 2.28. The average Bonchev–Trinajstić information content (AvgIpc) is 3.65. The number of nitrogen functional groups attached to an aromatic ring is 1. The van der Waals surface area contributed by atoms with Gasteiger partial charge in [-0.05, 0) is 66.7 Å². The summed E-state index contributed by atoms with van der Waals surface area (Å²) in [5.74, 6) is 0.549. The number of nitrogens with one attached hydrogen (secondary N) is 1. The van der Waals surface area contributed by atoms with Crippen molar-refractivity contribution in [3.63, 3.8) is 0 Å². The lowest BCUT2D eigenvalue weighted by Gasteiger charge is -2.33. The van der Waals surface area contributed by atoms with E-state index >= 15 is 0 Å². The van der Waals surface area contributed by atoms with Gasteiger partial charge in [-0.25, -0.2) is 13.4 Å². The first-order valence-electron chi connectivity index (χ1n) is 13.1. The zero-order valence-corrected chi connectivity index (χ0v) is 24.3. The Labute approximate surface area is 244 Å². The van der Waals surface area contributed by atoms with E-state index in [0.29, 0.717) is 21.8 Å². The lowest BCUT2D eigenvalue weighted by atomic mass is 10.2. The third-order valence-corrected chi connectivity index (χ3v) is 10.2. The number of benzene rings is 1. The Morgan fingerprint density at radius 1 is 1.12 bits per heavy atom. The summed E-state index contributed by atoms with van der Waals surface area (Å²) in [5, 5.41) is 1.77. The predicted octanol–water partition coefficient (Wildman–Crippen LogP) is 4.70. The molecule has 5 rings (SSSR count). The van der Waals surface area contributed by atoms with E-state index in [0.717, 1.165) is 42.4 Å². The number of amides is 1. The van der Waals surface area contributed by atoms with Crippen LogP contribution in [0.5, 0.6) is 0 Å². The number of piperazine rings is 1. The molecule has 3 N–H and O–H groups in total. The molecule has 0 saturated carbocycles. The SMILES string of the molecule is C=CC(c1ccc(-c2ccnc(N3CCN(C)CC3)c2)s1)S(=O)(=O)n1ccc(/C=C/C(=O)Nc2ccccc2N)c1. The molecule has 4 heterocycles. The van der Waals surface area contributed by atoms with Crippen LogP contribution in [-0.4, -0.2) is 61.4 Å². The molecule has 0 radical (unpaired) electrons. The number of rotatable bonds is 9. The molecule has 1 amide bonds. The second-order valence-corrected chi connectivity index (χ2v) is 12.9. The van der Waals surface area contributed by atoms with Crippen molar-refractivity contribution in [2.45, 2.75) is 5.25 Å². The molecule has 1 aliphatic heterocycles. The van der Waals surface area contributed by atoms with Crippen LogP contribution in [0.15, 0.2) is 91.9 Å². The van der Waals surface area contributed by atoms with Crippen molar-refractivity contribution in [3.05, 3.63) is 102 Å². The number of pyridine rings is 1. The average molecular weight is 589 g/mol. The lowest BCUT2D eigenvalue weighted by molar-refractivity contribution is -0.111. The molecule has 1 aromatic carbocycles. The van der Waals surface area contributed by atoms with Crippen molar-refractivity contribution < 1.29 is 13.2 Å². The Kier molecular flexibility index (Phi) is 8.39. The van der Waals surface area contributed by atoms with Crippen LogP contribution in [0.3, 0.4) is 0 Å². The number of para-hydroxylation sites is 2. The van der Waals surface area contributed by atoms with Crippen molar-refractivity contribution in [2.24, 2.45) is 0 Å². The van der Waals surface area contributed by atoms with Crippen molar-refractivity contribution in [2.75, 3.05) is 49.2 Å². The van der Waals surface area contributed by atoms with Crippen molar-refractivity contribution in [1.29, 1.82) is 0 Å². The summed E-state index contributed by atoms with van der Waals surface area (Å²) in [6.07, 6.45) is 9.08. The van der Waals surface area contributed by atoms with Crippen LogP contribution in [0, 0.1) is 0 Å². The highest BCUT2D eigenvalue weighted by molar-refractivity contribution is 7.90. The Balaban J connectivity index is 1.30. The maximum absolute atomic E-state index is 13.6. The fourth-order valence-electron chi connectivity index (χ4n) is 4.56. The third kappa shape index (κ3) is 6.43. The van der Waals surface area contributed by atoms with Crippen LogP contribution in [-0.2, 0) is 14.8 Å². The van der Waals surface area contributed by atoms with Gasteiger partial charge >= 0.3 is 0 Å². The number of hydrogen-bond donors (Lipinski definition) is 2. The Morgan fingerprint density at radius 2 is 1.90 bits per heavy atom. The number of aromatic nitrogens is 2. The number of nitrogens with zero attached hydrogens (tertiary/aromatic N) is 4. The number of likely N-dealkylation sites (N-methyl/N-ethyl adjacent to an activating group) is 1. The summed E-state index contributed by atoms with van der Waals surface area (Å²) in [4.78, 5) is 23.1. The molecule has 0 bridgehead atoms. The second-order valence-electron chi connectivity index (χ2n) is 9.78. The molecule has 1 aliphatic rings. The maximum atomic E-state index is 13.6. The van der Waals surface area contributed by atoms with Crippen molar-refractivity contribution >= 4 is 50.5 Å². The van der Waals surface area contributed by atoms with E-state index in [2.05, 4.69) is 39.8 Å². The second kappa shape index (κ2) is 12.1. The summed E-state index contributed by atoms with van der Waals surface area (Å²) in [5.41, 5.74) is 8.39. The highest BCUT2D eigenvalue weighted by atomic mass is 32.2. The first kappa shape index (κ1) is 28.3. The lowest BCUT2D eigenvalue weighted by Crippen LogP contribution is -2.44. The number of carbonyl (C=O) groups excluding carboxylic acids is 1. The predicted molar refractivity (Wildman–Crippen MR) is 167 cm³/mol. The maximum Gasteiger partial charge on any atom is 0.249 e. The van der Waals surface area contributed by atoms with Gasteiger partial charge < -0.3 is 20.9 Å². The summed E-state index contributed by atoms with van der Waals surface area (Å²) < 4.78 is 28.3. The van der Waals surface area contributed by atoms with Gasteiger partial charge in [-0.1, -0.05) is 18.2 Å². The zero-order valence-electron chi connectivity index (χ0n) is 22.7. The number of carbonyl (C=O) groups is 1. The Morgan fingerprint density at radius 3 is 2.66 bits per heavy atom. The molecule has 1 saturated heterocycles. The Bertz CT molecular complexity index is 1680. The third-order valence-electron chi connectivity index (χ3n) is 6.93. The number of anilines is 3. The molecular weight excluding hydrogens is 557 g/mol. The van der Waals surface area contributed by atoms with Crippen LogP contribution in [0.1, 0.15) is 15.7 Å². The van der Waals surface area contributed by atoms with Gasteiger partial charge in [-0.2, -0.15) is 0 Å².